The van der Waals surface area contributed by atoms with Crippen LogP contribution in [-0.2, 0) is 15.3 Å². The summed E-state index contributed by atoms with van der Waals surface area (Å²) < 4.78 is 42.7. The molecule has 1 fully saturated rings. The maximum absolute atomic E-state index is 13.3. The largest absolute Gasteiger partial charge is 0.493 e. The van der Waals surface area contributed by atoms with Gasteiger partial charge in [0.05, 0.1) is 26.5 Å². The summed E-state index contributed by atoms with van der Waals surface area (Å²) in [5.41, 5.74) is 2.09. The van der Waals surface area contributed by atoms with E-state index in [-0.39, 0.29) is 0 Å². The maximum Gasteiger partial charge on any atom is 0.328 e. The lowest BCUT2D eigenvalue weighted by Crippen LogP contribution is -2.45. The molecular formula is C29H35F2N3O7S. The van der Waals surface area contributed by atoms with Crippen molar-refractivity contribution in [3.05, 3.63) is 59.7 Å². The molecule has 0 spiro atoms. The van der Waals surface area contributed by atoms with Crippen LogP contribution in [0.25, 0.3) is 0 Å². The van der Waals surface area contributed by atoms with Crippen LogP contribution in [-0.4, -0.2) is 90.7 Å². The van der Waals surface area contributed by atoms with Crippen LogP contribution in [0.1, 0.15) is 24.8 Å². The van der Waals surface area contributed by atoms with Gasteiger partial charge >= 0.3 is 11.9 Å². The number of nitrogens with zero attached hydrogens (tertiary/aromatic N) is 3. The molecule has 2 N–H and O–H groups in total. The molecule has 0 bridgehead atoms. The van der Waals surface area contributed by atoms with Gasteiger partial charge in [-0.25, -0.2) is 23.4 Å². The molecule has 0 atom stereocenters. The van der Waals surface area contributed by atoms with Gasteiger partial charge in [0.15, 0.2) is 28.3 Å². The minimum atomic E-state index is -1.26. The lowest BCUT2D eigenvalue weighted by molar-refractivity contribution is -0.134. The molecule has 0 aliphatic carbocycles. The third-order valence-electron chi connectivity index (χ3n) is 6.71. The van der Waals surface area contributed by atoms with E-state index in [0.29, 0.717) is 36.3 Å². The number of rotatable bonds is 10. The minimum Gasteiger partial charge on any atom is -0.493 e. The lowest BCUT2D eigenvalue weighted by Gasteiger charge is -2.38. The van der Waals surface area contributed by atoms with Gasteiger partial charge in [-0.2, -0.15) is 0 Å². The number of ether oxygens (including phenoxy) is 3. The van der Waals surface area contributed by atoms with Crippen molar-refractivity contribution in [3.63, 3.8) is 0 Å². The van der Waals surface area contributed by atoms with Gasteiger partial charge in [-0.3, -0.25) is 0 Å². The Labute approximate surface area is 247 Å². The van der Waals surface area contributed by atoms with E-state index >= 15 is 0 Å². The van der Waals surface area contributed by atoms with E-state index in [1.54, 1.807) is 26.0 Å². The van der Waals surface area contributed by atoms with Crippen LogP contribution >= 0.6 is 11.8 Å². The molecule has 2 aliphatic rings. The van der Waals surface area contributed by atoms with Gasteiger partial charge in [-0.1, -0.05) is 11.8 Å². The number of piperidine rings is 1. The summed E-state index contributed by atoms with van der Waals surface area (Å²) in [7, 11) is 5.42. The Balaban J connectivity index is 0.000000531. The van der Waals surface area contributed by atoms with Crippen molar-refractivity contribution in [2.45, 2.75) is 31.1 Å². The number of hydrogen-bond acceptors (Lipinski definition) is 9. The molecule has 2 heterocycles. The average Bonchev–Trinajstić information content (AvgIpc) is 2.99. The summed E-state index contributed by atoms with van der Waals surface area (Å²) in [6, 6.07) is 8.04. The van der Waals surface area contributed by atoms with E-state index < -0.39 is 23.6 Å². The van der Waals surface area contributed by atoms with Gasteiger partial charge in [0.2, 0.25) is 0 Å². The molecule has 4 rings (SSSR count). The molecule has 42 heavy (non-hydrogen) atoms. The molecule has 0 amide bonds. The number of carboxylic acid groups (broad SMARTS) is 2. The van der Waals surface area contributed by atoms with Gasteiger partial charge in [0, 0.05) is 62.8 Å². The first-order chi connectivity index (χ1) is 20.1. The van der Waals surface area contributed by atoms with Crippen LogP contribution in [0.3, 0.4) is 0 Å². The Morgan fingerprint density at radius 2 is 1.69 bits per heavy atom. The quantitative estimate of drug-likeness (QED) is 0.288. The molecule has 2 aliphatic heterocycles. The lowest BCUT2D eigenvalue weighted by atomic mass is 10.0. The second-order valence-electron chi connectivity index (χ2n) is 9.49. The standard InChI is InChI=1S/C25H31F2N3O3S.C4H4O4/c1-29(25-28-22-15-24(32-3)23(31-2)13-17(22)16-34-25)18-7-10-30(11-8-18)9-4-12-33-19-5-6-20(26)21(27)14-19;5-3(6)1-2-4(7)8/h5-6,13-15,18H,4,7-12,16H2,1-3H3;1-2H,(H,5,6)(H,7,8)/b;2-1-. The highest BCUT2D eigenvalue weighted by Crippen LogP contribution is 2.40. The smallest absolute Gasteiger partial charge is 0.328 e. The van der Waals surface area contributed by atoms with E-state index in [1.807, 2.05) is 12.1 Å². The molecule has 0 aromatic heterocycles. The summed E-state index contributed by atoms with van der Waals surface area (Å²) in [6.07, 6.45) is 4.09. The fourth-order valence-corrected chi connectivity index (χ4v) is 5.49. The zero-order chi connectivity index (χ0) is 30.6. The maximum atomic E-state index is 13.3. The van der Waals surface area contributed by atoms with Gasteiger partial charge in [-0.15, -0.1) is 0 Å². The Morgan fingerprint density at radius 3 is 2.29 bits per heavy atom. The Hall–Kier alpha value is -3.84. The number of carbonyl (C=O) groups is 2. The van der Waals surface area contributed by atoms with E-state index in [2.05, 4.69) is 16.8 Å². The van der Waals surface area contributed by atoms with Crippen molar-refractivity contribution in [3.8, 4) is 17.2 Å². The number of methoxy groups -OCH3 is 2. The van der Waals surface area contributed by atoms with Crippen molar-refractivity contribution >= 4 is 34.6 Å². The minimum absolute atomic E-state index is 0.364. The summed E-state index contributed by atoms with van der Waals surface area (Å²) in [6.45, 7) is 3.43. The molecule has 0 unspecified atom stereocenters. The predicted octanol–water partition coefficient (Wildman–Crippen LogP) is 4.79. The Bertz CT molecular complexity index is 1280. The summed E-state index contributed by atoms with van der Waals surface area (Å²) in [5, 5.41) is 16.7. The Kier molecular flexibility index (Phi) is 12.4. The number of carboxylic acids is 2. The predicted molar refractivity (Wildman–Crippen MR) is 156 cm³/mol. The second-order valence-corrected chi connectivity index (χ2v) is 10.4. The van der Waals surface area contributed by atoms with Crippen LogP contribution < -0.4 is 14.2 Å². The van der Waals surface area contributed by atoms with Crippen LogP contribution in [0.2, 0.25) is 0 Å². The van der Waals surface area contributed by atoms with E-state index in [9.17, 15) is 18.4 Å². The number of aliphatic imine (C=N–C) groups is 1. The summed E-state index contributed by atoms with van der Waals surface area (Å²) in [4.78, 5) is 28.8. The fraction of sp³-hybridized carbons (Fsp3) is 0.414. The van der Waals surface area contributed by atoms with Gasteiger partial charge in [-0.05, 0) is 43.0 Å². The van der Waals surface area contributed by atoms with Crippen molar-refractivity contribution in [2.24, 2.45) is 4.99 Å². The van der Waals surface area contributed by atoms with E-state index in [1.165, 1.54) is 6.07 Å². The van der Waals surface area contributed by atoms with E-state index in [0.717, 1.165) is 79.0 Å². The molecule has 2 aromatic carbocycles. The van der Waals surface area contributed by atoms with Crippen molar-refractivity contribution in [2.75, 3.05) is 47.5 Å². The number of benzene rings is 2. The molecule has 2 aromatic rings. The second kappa shape index (κ2) is 16.0. The van der Waals surface area contributed by atoms with Crippen molar-refractivity contribution < 1.29 is 42.8 Å². The average molecular weight is 608 g/mol. The molecule has 0 saturated carbocycles. The normalized spacial score (nSPS) is 15.2. The molecule has 0 radical (unpaired) electrons. The Morgan fingerprint density at radius 1 is 1.05 bits per heavy atom. The van der Waals surface area contributed by atoms with Crippen LogP contribution in [0.4, 0.5) is 14.5 Å². The summed E-state index contributed by atoms with van der Waals surface area (Å²) >= 11 is 1.76. The number of thioether (sulfide) groups is 1. The molecule has 13 heteroatoms. The first-order valence-corrected chi connectivity index (χ1v) is 14.2. The van der Waals surface area contributed by atoms with Crippen molar-refractivity contribution in [1.29, 1.82) is 0 Å². The van der Waals surface area contributed by atoms with Gasteiger partial charge < -0.3 is 34.2 Å². The molecule has 228 valence electrons. The third kappa shape index (κ3) is 9.62. The highest BCUT2D eigenvalue weighted by Gasteiger charge is 2.27. The zero-order valence-electron chi connectivity index (χ0n) is 23.7. The number of fused-ring (bicyclic) bond motifs is 1. The molecular weight excluding hydrogens is 572 g/mol. The zero-order valence-corrected chi connectivity index (χ0v) is 24.5. The third-order valence-corrected chi connectivity index (χ3v) is 7.80. The molecule has 10 nitrogen and oxygen atoms in total. The van der Waals surface area contributed by atoms with Crippen LogP contribution in [0.15, 0.2) is 47.5 Å². The highest BCUT2D eigenvalue weighted by molar-refractivity contribution is 8.13. The number of amidine groups is 1. The number of halogens is 2. The topological polar surface area (TPSA) is 121 Å². The highest BCUT2D eigenvalue weighted by atomic mass is 32.2. The number of likely N-dealkylation sites (tertiary alicyclic amines) is 1. The van der Waals surface area contributed by atoms with Crippen molar-refractivity contribution in [1.82, 2.24) is 9.80 Å². The van der Waals surface area contributed by atoms with E-state index in [4.69, 9.17) is 29.4 Å². The van der Waals surface area contributed by atoms with Crippen LogP contribution in [0.5, 0.6) is 17.2 Å². The summed E-state index contributed by atoms with van der Waals surface area (Å²) in [5.74, 6) is -1.61. The fourth-order valence-electron chi connectivity index (χ4n) is 4.46. The number of aliphatic carboxylic acids is 2. The first-order valence-electron chi connectivity index (χ1n) is 13.2. The van der Waals surface area contributed by atoms with Gasteiger partial charge in [0.25, 0.3) is 0 Å². The van der Waals surface area contributed by atoms with Gasteiger partial charge in [0.1, 0.15) is 5.75 Å². The molecule has 1 saturated heterocycles. The monoisotopic (exact) mass is 607 g/mol. The first kappa shape index (κ1) is 32.7. The number of hydrogen-bond donors (Lipinski definition) is 2. The van der Waals surface area contributed by atoms with Crippen LogP contribution in [0, 0.1) is 11.6 Å². The SMILES string of the molecule is COc1cc2c(cc1OC)N=C(N(C)C1CCN(CCCOc3ccc(F)c(F)c3)CC1)SC2.O=C(O)/C=C\C(=O)O.